The molecule has 1 aromatic carbocycles. The third-order valence-corrected chi connectivity index (χ3v) is 6.82. The van der Waals surface area contributed by atoms with Crippen LogP contribution in [0.4, 0.5) is 17.5 Å². The molecule has 184 valence electrons. The number of anilines is 3. The zero-order chi connectivity index (χ0) is 24.3. The molecule has 0 bridgehead atoms. The molecule has 2 aliphatic rings. The number of nitrogens with zero attached hydrogens (tertiary/aromatic N) is 4. The number of methoxy groups -OCH3 is 1. The molecule has 35 heavy (non-hydrogen) atoms. The predicted molar refractivity (Wildman–Crippen MR) is 135 cm³/mol. The average Bonchev–Trinajstić information content (AvgIpc) is 3.25. The second-order valence-corrected chi connectivity index (χ2v) is 9.32. The van der Waals surface area contributed by atoms with Gasteiger partial charge in [0.1, 0.15) is 11.6 Å². The summed E-state index contributed by atoms with van der Waals surface area (Å²) in [5.41, 5.74) is 4.31. The van der Waals surface area contributed by atoms with Gasteiger partial charge in [-0.05, 0) is 36.2 Å². The van der Waals surface area contributed by atoms with Gasteiger partial charge in [-0.2, -0.15) is 0 Å². The Hall–Kier alpha value is -3.27. The van der Waals surface area contributed by atoms with Gasteiger partial charge in [0, 0.05) is 55.1 Å². The molecule has 9 nitrogen and oxygen atoms in total. The van der Waals surface area contributed by atoms with Gasteiger partial charge in [-0.1, -0.05) is 13.0 Å². The second kappa shape index (κ2) is 10.2. The lowest BCUT2D eigenvalue weighted by Crippen LogP contribution is -2.37. The van der Waals surface area contributed by atoms with E-state index in [1.54, 1.807) is 19.5 Å². The molecule has 2 aliphatic heterocycles. The van der Waals surface area contributed by atoms with E-state index in [2.05, 4.69) is 43.7 Å². The lowest BCUT2D eigenvalue weighted by molar-refractivity contribution is 0.0384. The number of pyridine rings is 1. The van der Waals surface area contributed by atoms with Gasteiger partial charge in [-0.3, -0.25) is 4.90 Å². The largest absolute Gasteiger partial charge is 0.495 e. The summed E-state index contributed by atoms with van der Waals surface area (Å²) in [6.45, 7) is 7.34. The Kier molecular flexibility index (Phi) is 6.81. The Morgan fingerprint density at radius 2 is 2.06 bits per heavy atom. The highest BCUT2D eigenvalue weighted by Gasteiger charge is 2.35. The zero-order valence-corrected chi connectivity index (χ0v) is 20.3. The minimum Gasteiger partial charge on any atom is -0.495 e. The Bertz CT molecular complexity index is 1180. The van der Waals surface area contributed by atoms with E-state index in [0.717, 1.165) is 73.3 Å². The van der Waals surface area contributed by atoms with Crippen LogP contribution in [0.3, 0.4) is 0 Å². The molecular weight excluding hydrogens is 444 g/mol. The fourth-order valence-corrected chi connectivity index (χ4v) is 4.53. The highest BCUT2D eigenvalue weighted by molar-refractivity contribution is 5.68. The molecule has 1 fully saturated rings. The van der Waals surface area contributed by atoms with Crippen molar-refractivity contribution in [3.8, 4) is 17.0 Å². The van der Waals surface area contributed by atoms with Crippen LogP contribution in [0.5, 0.6) is 5.75 Å². The number of rotatable bonds is 8. The number of aliphatic hydroxyl groups excluding tert-OH is 1. The Balaban J connectivity index is 1.32. The van der Waals surface area contributed by atoms with Crippen LogP contribution in [-0.2, 0) is 16.6 Å². The molecule has 4 heterocycles. The molecule has 1 atom stereocenters. The third kappa shape index (κ3) is 5.07. The number of benzene rings is 1. The highest BCUT2D eigenvalue weighted by Crippen LogP contribution is 2.37. The second-order valence-electron chi connectivity index (χ2n) is 9.32. The number of aliphatic hydroxyl groups is 1. The predicted octanol–water partition coefficient (Wildman–Crippen LogP) is 2.84. The normalized spacial score (nSPS) is 19.7. The van der Waals surface area contributed by atoms with Crippen molar-refractivity contribution in [1.82, 2.24) is 19.9 Å². The van der Waals surface area contributed by atoms with Crippen LogP contribution in [0.2, 0.25) is 0 Å². The molecular formula is C26H32N6O3. The first-order valence-electron chi connectivity index (χ1n) is 12.0. The molecule has 0 amide bonds. The molecule has 0 saturated carbocycles. The quantitative estimate of drug-likeness (QED) is 0.453. The van der Waals surface area contributed by atoms with Crippen molar-refractivity contribution in [2.45, 2.75) is 18.8 Å². The maximum absolute atomic E-state index is 9.89. The monoisotopic (exact) mass is 476 g/mol. The number of aromatic nitrogens is 3. The number of morpholine rings is 1. The van der Waals surface area contributed by atoms with Crippen LogP contribution in [0.1, 0.15) is 18.1 Å². The molecule has 1 saturated heterocycles. The Labute approximate surface area is 205 Å². The molecule has 9 heteroatoms. The highest BCUT2D eigenvalue weighted by atomic mass is 16.5. The van der Waals surface area contributed by atoms with Crippen LogP contribution in [-0.4, -0.2) is 78.1 Å². The van der Waals surface area contributed by atoms with Gasteiger partial charge in [-0.25, -0.2) is 15.0 Å². The van der Waals surface area contributed by atoms with E-state index >= 15 is 0 Å². The summed E-state index contributed by atoms with van der Waals surface area (Å²) in [7, 11) is 1.67. The summed E-state index contributed by atoms with van der Waals surface area (Å²) in [4.78, 5) is 16.1. The van der Waals surface area contributed by atoms with E-state index in [9.17, 15) is 5.11 Å². The SMILES string of the molecule is COc1cc(CCN2CCOCC2)ccc1Nc1nccc(-c2cnc3c(c2)C(C)(CO)CN3)n1. The first-order valence-corrected chi connectivity index (χ1v) is 12.0. The smallest absolute Gasteiger partial charge is 0.227 e. The fourth-order valence-electron chi connectivity index (χ4n) is 4.53. The minimum atomic E-state index is -0.358. The van der Waals surface area contributed by atoms with Gasteiger partial charge >= 0.3 is 0 Å². The van der Waals surface area contributed by atoms with Crippen molar-refractivity contribution in [1.29, 1.82) is 0 Å². The molecule has 0 aliphatic carbocycles. The molecule has 1 unspecified atom stereocenters. The van der Waals surface area contributed by atoms with E-state index in [1.807, 2.05) is 19.1 Å². The third-order valence-electron chi connectivity index (χ3n) is 6.82. The van der Waals surface area contributed by atoms with Crippen LogP contribution in [0.15, 0.2) is 42.7 Å². The van der Waals surface area contributed by atoms with Crippen molar-refractivity contribution in [2.24, 2.45) is 0 Å². The Morgan fingerprint density at radius 1 is 1.20 bits per heavy atom. The van der Waals surface area contributed by atoms with E-state index in [0.29, 0.717) is 12.5 Å². The lowest BCUT2D eigenvalue weighted by atomic mass is 9.85. The van der Waals surface area contributed by atoms with Crippen LogP contribution in [0, 0.1) is 0 Å². The summed E-state index contributed by atoms with van der Waals surface area (Å²) in [6, 6.07) is 10.1. The van der Waals surface area contributed by atoms with E-state index in [4.69, 9.17) is 14.5 Å². The average molecular weight is 477 g/mol. The lowest BCUT2D eigenvalue weighted by Gasteiger charge is -2.26. The van der Waals surface area contributed by atoms with Crippen molar-refractivity contribution in [3.63, 3.8) is 0 Å². The van der Waals surface area contributed by atoms with Crippen LogP contribution >= 0.6 is 0 Å². The van der Waals surface area contributed by atoms with Crippen molar-refractivity contribution in [3.05, 3.63) is 53.9 Å². The van der Waals surface area contributed by atoms with Gasteiger partial charge in [0.05, 0.1) is 38.3 Å². The van der Waals surface area contributed by atoms with E-state index in [-0.39, 0.29) is 12.0 Å². The maximum atomic E-state index is 9.89. The van der Waals surface area contributed by atoms with Gasteiger partial charge < -0.3 is 25.2 Å². The summed E-state index contributed by atoms with van der Waals surface area (Å²) < 4.78 is 11.1. The van der Waals surface area contributed by atoms with Crippen LogP contribution < -0.4 is 15.4 Å². The number of hydrogen-bond donors (Lipinski definition) is 3. The number of fused-ring (bicyclic) bond motifs is 1. The first kappa shape index (κ1) is 23.5. The molecule has 0 radical (unpaired) electrons. The number of nitrogens with one attached hydrogen (secondary N) is 2. The van der Waals surface area contributed by atoms with E-state index < -0.39 is 0 Å². The summed E-state index contributed by atoms with van der Waals surface area (Å²) in [6.07, 6.45) is 4.48. The minimum absolute atomic E-state index is 0.0525. The van der Waals surface area contributed by atoms with Crippen molar-refractivity contribution >= 4 is 17.5 Å². The first-order chi connectivity index (χ1) is 17.1. The van der Waals surface area contributed by atoms with Gasteiger partial charge in [-0.15, -0.1) is 0 Å². The molecule has 0 spiro atoms. The molecule has 2 aromatic heterocycles. The van der Waals surface area contributed by atoms with Gasteiger partial charge in [0.25, 0.3) is 0 Å². The van der Waals surface area contributed by atoms with Crippen molar-refractivity contribution in [2.75, 3.05) is 63.7 Å². The zero-order valence-electron chi connectivity index (χ0n) is 20.3. The summed E-state index contributed by atoms with van der Waals surface area (Å²) in [5.74, 6) is 2.05. The van der Waals surface area contributed by atoms with E-state index in [1.165, 1.54) is 5.56 Å². The van der Waals surface area contributed by atoms with Crippen LogP contribution in [0.25, 0.3) is 11.3 Å². The number of ether oxygens (including phenoxy) is 2. The maximum Gasteiger partial charge on any atom is 0.227 e. The molecule has 5 rings (SSSR count). The Morgan fingerprint density at radius 3 is 2.86 bits per heavy atom. The summed E-state index contributed by atoms with van der Waals surface area (Å²) in [5, 5.41) is 16.5. The van der Waals surface area contributed by atoms with Gasteiger partial charge in [0.15, 0.2) is 0 Å². The summed E-state index contributed by atoms with van der Waals surface area (Å²) >= 11 is 0. The molecule has 3 N–H and O–H groups in total. The van der Waals surface area contributed by atoms with Gasteiger partial charge in [0.2, 0.25) is 5.95 Å². The van der Waals surface area contributed by atoms with Crippen molar-refractivity contribution < 1.29 is 14.6 Å². The molecule has 3 aromatic rings. The standard InChI is InChI=1S/C26H32N6O3/c1-26(17-33)16-29-24-20(26)14-19(15-28-24)21-5-7-27-25(30-21)31-22-4-3-18(13-23(22)34-2)6-8-32-9-11-35-12-10-32/h3-5,7,13-15,33H,6,8-12,16-17H2,1-2H3,(H,28,29)(H,27,30,31). The fraction of sp³-hybridized carbons (Fsp3) is 0.423. The number of hydrogen-bond acceptors (Lipinski definition) is 9. The topological polar surface area (TPSA) is 105 Å².